The Kier molecular flexibility index (Phi) is 55.5. The fourth-order valence-corrected chi connectivity index (χ4v) is 11.0. The highest BCUT2D eigenvalue weighted by Gasteiger charge is 2.30. The lowest BCUT2D eigenvalue weighted by molar-refractivity contribution is -0.161. The monoisotopic (exact) mass is 1210 g/mol. The summed E-state index contributed by atoms with van der Waals surface area (Å²) < 4.78 is 67.8. The van der Waals surface area contributed by atoms with E-state index < -0.39 is 97.5 Å². The summed E-state index contributed by atoms with van der Waals surface area (Å²) in [6, 6.07) is 0. The van der Waals surface area contributed by atoms with Crippen molar-refractivity contribution in [2.24, 2.45) is 5.92 Å². The number of aliphatic hydroxyl groups is 1. The number of carbonyl (C=O) groups is 4. The fraction of sp³-hybridized carbons (Fsp3) is 0.937. The van der Waals surface area contributed by atoms with Crippen LogP contribution in [0.4, 0.5) is 0 Å². The molecule has 0 aromatic rings. The molecule has 0 bridgehead atoms. The molecule has 0 aromatic carbocycles. The normalized spacial score (nSPS) is 14.3. The number of esters is 4. The van der Waals surface area contributed by atoms with Gasteiger partial charge in [0.1, 0.15) is 19.3 Å². The van der Waals surface area contributed by atoms with Crippen LogP contribution in [-0.2, 0) is 65.4 Å². The van der Waals surface area contributed by atoms with Gasteiger partial charge < -0.3 is 33.8 Å². The number of phosphoric acid groups is 2. The zero-order chi connectivity index (χ0) is 60.6. The zero-order valence-electron chi connectivity index (χ0n) is 52.6. The number of phosphoric ester groups is 2. The molecule has 0 amide bonds. The SMILES string of the molecule is CCCCCCCCCCCCCCCCC(=O)O[C@H](COC(=O)CCCCCCCCCCCCCC)COP(=O)(O)OC[C@@H](O)COP(=O)(O)OC[C@@H](COC(=O)CCCCCCC)OC(=O)CCCCCCCCCCC(C)C. The molecule has 82 heavy (non-hydrogen) atoms. The molecule has 0 aromatic heterocycles. The van der Waals surface area contributed by atoms with Crippen molar-refractivity contribution in [2.45, 2.75) is 335 Å². The first kappa shape index (κ1) is 80.1. The van der Waals surface area contributed by atoms with Crippen LogP contribution in [0.1, 0.15) is 317 Å². The van der Waals surface area contributed by atoms with E-state index in [2.05, 4.69) is 34.6 Å². The Balaban J connectivity index is 5.18. The van der Waals surface area contributed by atoms with Crippen molar-refractivity contribution in [1.29, 1.82) is 0 Å². The zero-order valence-corrected chi connectivity index (χ0v) is 54.4. The minimum Gasteiger partial charge on any atom is -0.462 e. The van der Waals surface area contributed by atoms with Gasteiger partial charge in [-0.1, -0.05) is 266 Å². The maximum atomic E-state index is 13.0. The molecule has 17 nitrogen and oxygen atoms in total. The van der Waals surface area contributed by atoms with Crippen LogP contribution in [-0.4, -0.2) is 96.7 Å². The topological polar surface area (TPSA) is 237 Å². The Morgan fingerprint density at radius 3 is 0.829 bits per heavy atom. The van der Waals surface area contributed by atoms with E-state index in [0.717, 1.165) is 102 Å². The van der Waals surface area contributed by atoms with Crippen molar-refractivity contribution in [3.05, 3.63) is 0 Å². The number of carbonyl (C=O) groups excluding carboxylic acids is 4. The first-order valence-electron chi connectivity index (χ1n) is 33.1. The summed E-state index contributed by atoms with van der Waals surface area (Å²) in [7, 11) is -9.88. The van der Waals surface area contributed by atoms with Gasteiger partial charge in [-0.05, 0) is 31.6 Å². The van der Waals surface area contributed by atoms with Gasteiger partial charge in [-0.25, -0.2) is 9.13 Å². The molecule has 0 radical (unpaired) electrons. The van der Waals surface area contributed by atoms with Crippen LogP contribution < -0.4 is 0 Å². The van der Waals surface area contributed by atoms with Gasteiger partial charge >= 0.3 is 39.5 Å². The summed E-state index contributed by atoms with van der Waals surface area (Å²) >= 11 is 0. The maximum absolute atomic E-state index is 13.0. The maximum Gasteiger partial charge on any atom is 0.472 e. The predicted octanol–water partition coefficient (Wildman–Crippen LogP) is 17.4. The third-order valence-corrected chi connectivity index (χ3v) is 16.4. The number of ether oxygens (including phenoxy) is 4. The van der Waals surface area contributed by atoms with Crippen molar-refractivity contribution < 1.29 is 80.2 Å². The lowest BCUT2D eigenvalue weighted by atomic mass is 10.0. The summed E-state index contributed by atoms with van der Waals surface area (Å²) in [4.78, 5) is 71.9. The average molecular weight is 1210 g/mol. The lowest BCUT2D eigenvalue weighted by Crippen LogP contribution is -2.30. The van der Waals surface area contributed by atoms with Gasteiger partial charge in [-0.2, -0.15) is 0 Å². The Bertz CT molecular complexity index is 1600. The van der Waals surface area contributed by atoms with Gasteiger partial charge in [0.25, 0.3) is 0 Å². The summed E-state index contributed by atoms with van der Waals surface area (Å²) in [5.41, 5.74) is 0. The Morgan fingerprint density at radius 1 is 0.329 bits per heavy atom. The van der Waals surface area contributed by atoms with Gasteiger partial charge in [0.15, 0.2) is 12.2 Å². The van der Waals surface area contributed by atoms with Crippen LogP contribution in [0.5, 0.6) is 0 Å². The molecule has 0 aliphatic heterocycles. The van der Waals surface area contributed by atoms with Crippen molar-refractivity contribution >= 4 is 39.5 Å². The van der Waals surface area contributed by atoms with Crippen molar-refractivity contribution in [3.63, 3.8) is 0 Å². The largest absolute Gasteiger partial charge is 0.472 e. The van der Waals surface area contributed by atoms with Gasteiger partial charge in [0.05, 0.1) is 26.4 Å². The van der Waals surface area contributed by atoms with Crippen molar-refractivity contribution in [3.8, 4) is 0 Å². The standard InChI is InChI=1S/C63H122O17P2/c1-6-9-12-15-17-19-21-23-24-26-28-33-38-43-48-62(67)80-59(53-74-61(66)47-42-37-32-27-25-22-20-18-16-13-10-7-2)55-78-82(71,72)76-51-57(64)50-75-81(69,70)77-54-58(52-73-60(65)46-41-35-14-11-8-3)79-63(68)49-44-39-34-30-29-31-36-40-45-56(4)5/h56-59,64H,6-55H2,1-5H3,(H,69,70)(H,71,72)/t57-,58+,59+/m0/s1. The van der Waals surface area contributed by atoms with Crippen LogP contribution in [0.3, 0.4) is 0 Å². The second-order valence-electron chi connectivity index (χ2n) is 23.3. The molecular weight excluding hydrogens is 1090 g/mol. The second kappa shape index (κ2) is 56.8. The smallest absolute Gasteiger partial charge is 0.462 e. The molecule has 486 valence electrons. The third kappa shape index (κ3) is 57.2. The molecule has 0 fully saturated rings. The third-order valence-electron chi connectivity index (χ3n) is 14.5. The van der Waals surface area contributed by atoms with E-state index in [1.165, 1.54) is 135 Å². The first-order valence-corrected chi connectivity index (χ1v) is 36.1. The van der Waals surface area contributed by atoms with E-state index in [9.17, 15) is 43.2 Å². The number of rotatable bonds is 63. The Hall–Kier alpha value is -1.94. The molecule has 0 spiro atoms. The number of hydrogen-bond acceptors (Lipinski definition) is 15. The van der Waals surface area contributed by atoms with Gasteiger partial charge in [-0.15, -0.1) is 0 Å². The highest BCUT2D eigenvalue weighted by atomic mass is 31.2. The average Bonchev–Trinajstić information content (AvgIpc) is 3.44. The molecule has 19 heteroatoms. The molecule has 3 N–H and O–H groups in total. The van der Waals surface area contributed by atoms with E-state index in [0.29, 0.717) is 25.7 Å². The summed E-state index contributed by atoms with van der Waals surface area (Å²) in [6.07, 6.45) is 40.6. The van der Waals surface area contributed by atoms with Gasteiger partial charge in [0.2, 0.25) is 0 Å². The molecule has 5 atom stereocenters. The minimum atomic E-state index is -4.94. The summed E-state index contributed by atoms with van der Waals surface area (Å²) in [6.45, 7) is 7.06. The lowest BCUT2D eigenvalue weighted by Gasteiger charge is -2.21. The first-order chi connectivity index (χ1) is 39.5. The molecule has 0 rings (SSSR count). The van der Waals surface area contributed by atoms with E-state index in [1.54, 1.807) is 0 Å². The quantitative estimate of drug-likeness (QED) is 0.0222. The number of aliphatic hydroxyl groups excluding tert-OH is 1. The van der Waals surface area contributed by atoms with Crippen LogP contribution in [0.15, 0.2) is 0 Å². The van der Waals surface area contributed by atoms with Crippen molar-refractivity contribution in [2.75, 3.05) is 39.6 Å². The second-order valence-corrected chi connectivity index (χ2v) is 26.2. The Morgan fingerprint density at radius 2 is 0.561 bits per heavy atom. The highest BCUT2D eigenvalue weighted by molar-refractivity contribution is 7.47. The van der Waals surface area contributed by atoms with Gasteiger partial charge in [0, 0.05) is 25.7 Å². The van der Waals surface area contributed by atoms with E-state index >= 15 is 0 Å². The van der Waals surface area contributed by atoms with Crippen LogP contribution in [0, 0.1) is 5.92 Å². The van der Waals surface area contributed by atoms with Crippen LogP contribution in [0.2, 0.25) is 0 Å². The molecule has 0 aliphatic carbocycles. The van der Waals surface area contributed by atoms with Gasteiger partial charge in [-0.3, -0.25) is 37.3 Å². The molecule has 0 aliphatic rings. The highest BCUT2D eigenvalue weighted by Crippen LogP contribution is 2.45. The predicted molar refractivity (Wildman–Crippen MR) is 326 cm³/mol. The van der Waals surface area contributed by atoms with E-state index in [1.807, 2.05) is 0 Å². The molecular formula is C63H122O17P2. The molecule has 0 heterocycles. The minimum absolute atomic E-state index is 0.104. The molecule has 0 saturated carbocycles. The van der Waals surface area contributed by atoms with E-state index in [-0.39, 0.29) is 25.7 Å². The van der Waals surface area contributed by atoms with Crippen LogP contribution >= 0.6 is 15.6 Å². The fourth-order valence-electron chi connectivity index (χ4n) is 9.41. The number of hydrogen-bond donors (Lipinski definition) is 3. The van der Waals surface area contributed by atoms with Crippen molar-refractivity contribution in [1.82, 2.24) is 0 Å². The Labute approximate surface area is 498 Å². The summed E-state index contributed by atoms with van der Waals surface area (Å²) in [5.74, 6) is -1.43. The molecule has 2 unspecified atom stereocenters. The number of unbranched alkanes of at least 4 members (excludes halogenated alkanes) is 35. The molecule has 0 saturated heterocycles. The van der Waals surface area contributed by atoms with E-state index in [4.69, 9.17) is 37.0 Å². The van der Waals surface area contributed by atoms with Crippen LogP contribution in [0.25, 0.3) is 0 Å². The summed E-state index contributed by atoms with van der Waals surface area (Å²) in [5, 5.41) is 10.5.